The number of rotatable bonds is 5. The smallest absolute Gasteiger partial charge is 0.336 e. The Kier molecular flexibility index (Phi) is 6.67. The third-order valence-electron chi connectivity index (χ3n) is 6.21. The third kappa shape index (κ3) is 4.80. The minimum Gasteiger partial charge on any atom is -0.489 e. The molecule has 0 saturated carbocycles. The number of allylic oxidation sites excluding steroid dienone is 3. The molecule has 0 amide bonds. The number of methoxy groups -OCH3 is 1. The van der Waals surface area contributed by atoms with Crippen LogP contribution in [0.4, 0.5) is 4.39 Å². The summed E-state index contributed by atoms with van der Waals surface area (Å²) < 4.78 is 25.7. The number of benzene rings is 2. The Balaban J connectivity index is 1.84. The Hall–Kier alpha value is -2.93. The maximum Gasteiger partial charge on any atom is 0.336 e. The van der Waals surface area contributed by atoms with Crippen molar-refractivity contribution in [3.8, 4) is 5.75 Å². The summed E-state index contributed by atoms with van der Waals surface area (Å²) in [6, 6.07) is 11.7. The van der Waals surface area contributed by atoms with E-state index in [2.05, 4.69) is 35.1 Å². The number of ketones is 1. The summed E-state index contributed by atoms with van der Waals surface area (Å²) in [5.74, 6) is -0.985. The van der Waals surface area contributed by atoms with Crippen molar-refractivity contribution in [2.24, 2.45) is 5.41 Å². The predicted octanol–water partition coefficient (Wildman–Crippen LogP) is 5.94. The molecule has 1 aliphatic carbocycles. The summed E-state index contributed by atoms with van der Waals surface area (Å²) in [5, 5.41) is 3.31. The normalized spacial score (nSPS) is 19.5. The van der Waals surface area contributed by atoms with Crippen LogP contribution in [0.5, 0.6) is 5.75 Å². The number of dihydropyridines is 1. The summed E-state index contributed by atoms with van der Waals surface area (Å²) in [4.78, 5) is 26.4. The van der Waals surface area contributed by atoms with Gasteiger partial charge in [-0.25, -0.2) is 9.18 Å². The van der Waals surface area contributed by atoms with Crippen molar-refractivity contribution in [2.45, 2.75) is 46.1 Å². The Bertz CT molecular complexity index is 1230. The van der Waals surface area contributed by atoms with E-state index < -0.39 is 11.9 Å². The molecular weight excluding hydrogens is 501 g/mol. The van der Waals surface area contributed by atoms with Crippen LogP contribution in [-0.2, 0) is 20.9 Å². The van der Waals surface area contributed by atoms with Crippen molar-refractivity contribution in [3.63, 3.8) is 0 Å². The number of esters is 1. The van der Waals surface area contributed by atoms with E-state index in [0.717, 1.165) is 10.2 Å². The van der Waals surface area contributed by atoms with Gasteiger partial charge in [-0.3, -0.25) is 4.79 Å². The van der Waals surface area contributed by atoms with E-state index >= 15 is 0 Å². The van der Waals surface area contributed by atoms with E-state index in [4.69, 9.17) is 9.47 Å². The molecule has 1 aliphatic heterocycles. The Morgan fingerprint density at radius 2 is 1.97 bits per heavy atom. The van der Waals surface area contributed by atoms with Crippen LogP contribution in [0.1, 0.15) is 50.7 Å². The molecule has 1 heterocycles. The van der Waals surface area contributed by atoms with Gasteiger partial charge in [0.2, 0.25) is 0 Å². The molecule has 1 N–H and O–H groups in total. The first-order chi connectivity index (χ1) is 16.1. The summed E-state index contributed by atoms with van der Waals surface area (Å²) in [7, 11) is 1.33. The summed E-state index contributed by atoms with van der Waals surface area (Å²) in [6.45, 7) is 6.08. The highest BCUT2D eigenvalue weighted by atomic mass is 79.9. The molecule has 2 aromatic carbocycles. The maximum atomic E-state index is 13.7. The van der Waals surface area contributed by atoms with E-state index in [1.165, 1.54) is 19.2 Å². The minimum absolute atomic E-state index is 0.00582. The number of ether oxygens (including phenoxy) is 2. The summed E-state index contributed by atoms with van der Waals surface area (Å²) in [6.07, 6.45) is 1.06. The molecule has 0 fully saturated rings. The molecule has 7 heteroatoms. The van der Waals surface area contributed by atoms with E-state index in [9.17, 15) is 14.0 Å². The second-order valence-corrected chi connectivity index (χ2v) is 10.4. The fraction of sp³-hybridized carbons (Fsp3) is 0.333. The van der Waals surface area contributed by atoms with Crippen LogP contribution in [0.3, 0.4) is 0 Å². The summed E-state index contributed by atoms with van der Waals surface area (Å²) in [5.41, 5.74) is 3.58. The van der Waals surface area contributed by atoms with Gasteiger partial charge < -0.3 is 14.8 Å². The highest BCUT2D eigenvalue weighted by Crippen LogP contribution is 2.49. The minimum atomic E-state index is -0.646. The van der Waals surface area contributed by atoms with E-state index in [0.29, 0.717) is 46.6 Å². The number of hydrogen-bond donors (Lipinski definition) is 1. The Morgan fingerprint density at radius 3 is 2.68 bits per heavy atom. The van der Waals surface area contributed by atoms with E-state index in [1.54, 1.807) is 18.2 Å². The van der Waals surface area contributed by atoms with Gasteiger partial charge in [-0.15, -0.1) is 0 Å². The van der Waals surface area contributed by atoms with Gasteiger partial charge in [0.05, 0.1) is 18.6 Å². The van der Waals surface area contributed by atoms with Gasteiger partial charge in [-0.05, 0) is 54.7 Å². The fourth-order valence-corrected chi connectivity index (χ4v) is 5.17. The lowest BCUT2D eigenvalue weighted by atomic mass is 9.68. The topological polar surface area (TPSA) is 64.6 Å². The van der Waals surface area contributed by atoms with Crippen LogP contribution < -0.4 is 10.1 Å². The maximum absolute atomic E-state index is 13.7. The standard InChI is InChI=1S/C27H27BrFNO4/c1-15-23(26(32)33-4)24(25-20(30-15)12-27(2,3)13-21(25)31)19-11-17(28)8-9-22(19)34-14-16-6-5-7-18(29)10-16/h5-11,24,30H,12-14H2,1-4H3. The van der Waals surface area contributed by atoms with Gasteiger partial charge in [0.25, 0.3) is 0 Å². The lowest BCUT2D eigenvalue weighted by Gasteiger charge is -2.39. The van der Waals surface area contributed by atoms with Crippen LogP contribution in [0, 0.1) is 11.2 Å². The molecule has 5 nitrogen and oxygen atoms in total. The van der Waals surface area contributed by atoms with Crippen LogP contribution in [0.15, 0.2) is 69.5 Å². The number of Topliss-reactive ketones (excluding diaryl/α,β-unsaturated/α-hetero) is 1. The molecule has 0 radical (unpaired) electrons. The lowest BCUT2D eigenvalue weighted by molar-refractivity contribution is -0.136. The quantitative estimate of drug-likeness (QED) is 0.487. The summed E-state index contributed by atoms with van der Waals surface area (Å²) >= 11 is 3.52. The average Bonchev–Trinajstić information content (AvgIpc) is 2.76. The molecule has 1 unspecified atom stereocenters. The molecule has 0 saturated heterocycles. The number of nitrogens with one attached hydrogen (secondary N) is 1. The monoisotopic (exact) mass is 527 g/mol. The molecule has 2 aromatic rings. The van der Waals surface area contributed by atoms with Crippen molar-refractivity contribution in [3.05, 3.63) is 86.4 Å². The van der Waals surface area contributed by atoms with Gasteiger partial charge >= 0.3 is 5.97 Å². The number of carbonyl (C=O) groups excluding carboxylic acids is 2. The van der Waals surface area contributed by atoms with Crippen LogP contribution in [0.25, 0.3) is 0 Å². The SMILES string of the molecule is COC(=O)C1=C(C)NC2=C(C(=O)CC(C)(C)C2)C1c1cc(Br)ccc1OCc1cccc(F)c1. The zero-order chi connectivity index (χ0) is 24.6. The van der Waals surface area contributed by atoms with Crippen LogP contribution >= 0.6 is 15.9 Å². The van der Waals surface area contributed by atoms with Crippen LogP contribution in [-0.4, -0.2) is 18.9 Å². The molecule has 1 atom stereocenters. The van der Waals surface area contributed by atoms with Gasteiger partial charge in [-0.1, -0.05) is 41.9 Å². The molecule has 178 valence electrons. The number of carbonyl (C=O) groups is 2. The molecule has 0 aromatic heterocycles. The van der Waals surface area contributed by atoms with Gasteiger partial charge in [-0.2, -0.15) is 0 Å². The fourth-order valence-electron chi connectivity index (χ4n) is 4.79. The molecule has 0 bridgehead atoms. The molecule has 2 aliphatic rings. The zero-order valence-electron chi connectivity index (χ0n) is 19.6. The van der Waals surface area contributed by atoms with Crippen LogP contribution in [0.2, 0.25) is 0 Å². The number of halogens is 2. The second-order valence-electron chi connectivity index (χ2n) is 9.52. The van der Waals surface area contributed by atoms with Gasteiger partial charge in [0.1, 0.15) is 18.2 Å². The van der Waals surface area contributed by atoms with Gasteiger partial charge in [0, 0.05) is 33.4 Å². The lowest BCUT2D eigenvalue weighted by Crippen LogP contribution is -2.38. The van der Waals surface area contributed by atoms with Gasteiger partial charge in [0.15, 0.2) is 5.78 Å². The van der Waals surface area contributed by atoms with Crippen molar-refractivity contribution < 1.29 is 23.5 Å². The predicted molar refractivity (Wildman–Crippen MR) is 131 cm³/mol. The van der Waals surface area contributed by atoms with Crippen molar-refractivity contribution in [2.75, 3.05) is 7.11 Å². The molecule has 0 spiro atoms. The largest absolute Gasteiger partial charge is 0.489 e. The van der Waals surface area contributed by atoms with Crippen molar-refractivity contribution in [1.29, 1.82) is 0 Å². The van der Waals surface area contributed by atoms with Crippen molar-refractivity contribution in [1.82, 2.24) is 5.32 Å². The Morgan fingerprint density at radius 1 is 1.21 bits per heavy atom. The number of hydrogen-bond acceptors (Lipinski definition) is 5. The second kappa shape index (κ2) is 9.37. The zero-order valence-corrected chi connectivity index (χ0v) is 21.2. The highest BCUT2D eigenvalue weighted by Gasteiger charge is 2.44. The average molecular weight is 528 g/mol. The first-order valence-corrected chi connectivity index (χ1v) is 11.9. The molecular formula is C27H27BrFNO4. The first-order valence-electron chi connectivity index (χ1n) is 11.1. The molecule has 34 heavy (non-hydrogen) atoms. The van der Waals surface area contributed by atoms with E-state index in [1.807, 2.05) is 19.1 Å². The Labute approximate surface area is 207 Å². The molecule has 4 rings (SSSR count). The third-order valence-corrected chi connectivity index (χ3v) is 6.70. The van der Waals surface area contributed by atoms with Crippen molar-refractivity contribution >= 4 is 27.7 Å². The first kappa shape index (κ1) is 24.2. The van der Waals surface area contributed by atoms with E-state index in [-0.39, 0.29) is 23.6 Å². The highest BCUT2D eigenvalue weighted by molar-refractivity contribution is 9.10.